The van der Waals surface area contributed by atoms with E-state index in [-0.39, 0.29) is 5.91 Å². The second-order valence-electron chi connectivity index (χ2n) is 5.65. The molecule has 1 amide bonds. The highest BCUT2D eigenvalue weighted by atomic mass is 16.5. The third kappa shape index (κ3) is 4.49. The van der Waals surface area contributed by atoms with E-state index >= 15 is 0 Å². The van der Waals surface area contributed by atoms with Crippen molar-refractivity contribution >= 4 is 11.6 Å². The molecule has 0 N–H and O–H groups in total. The molecule has 0 saturated carbocycles. The van der Waals surface area contributed by atoms with Crippen molar-refractivity contribution in [3.63, 3.8) is 0 Å². The van der Waals surface area contributed by atoms with Gasteiger partial charge < -0.3 is 14.4 Å². The topological polar surface area (TPSA) is 42.0 Å². The van der Waals surface area contributed by atoms with Crippen LogP contribution in [0.3, 0.4) is 0 Å². The first kappa shape index (κ1) is 17.8. The zero-order chi connectivity index (χ0) is 17.5. The molecule has 0 radical (unpaired) electrons. The van der Waals surface area contributed by atoms with E-state index in [0.717, 1.165) is 11.3 Å². The van der Waals surface area contributed by atoms with Gasteiger partial charge in [0.25, 0.3) is 0 Å². The summed E-state index contributed by atoms with van der Waals surface area (Å²) in [5.74, 6) is 1.43. The Kier molecular flexibility index (Phi) is 6.21. The Morgan fingerprint density at radius 3 is 2.25 bits per heavy atom. The van der Waals surface area contributed by atoms with Crippen molar-refractivity contribution in [2.24, 2.45) is 0 Å². The Bertz CT molecular complexity index is 674. The van der Waals surface area contributed by atoms with Gasteiger partial charge in [0.1, 0.15) is 0 Å². The highest BCUT2D eigenvalue weighted by Crippen LogP contribution is 2.27. The average Bonchev–Trinajstić information content (AvgIpc) is 2.61. The van der Waals surface area contributed by atoms with Gasteiger partial charge in [0.05, 0.1) is 20.8 Å². The molecule has 0 aliphatic carbocycles. The van der Waals surface area contributed by atoms with Crippen LogP contribution in [0, 0.1) is 0 Å². The number of hydrogen-bond donors (Lipinski definition) is 0. The second kappa shape index (κ2) is 8.36. The first-order chi connectivity index (χ1) is 11.5. The number of nitrogens with zero attached hydrogens (tertiary/aromatic N) is 2. The first-order valence-electron chi connectivity index (χ1n) is 7.76. The minimum absolute atomic E-state index is 0.0455. The first-order valence-corrected chi connectivity index (χ1v) is 7.76. The van der Waals surface area contributed by atoms with E-state index in [4.69, 9.17) is 9.47 Å². The Labute approximate surface area is 143 Å². The summed E-state index contributed by atoms with van der Waals surface area (Å²) < 4.78 is 10.6. The Balaban J connectivity index is 1.97. The number of methoxy groups -OCH3 is 2. The maximum atomic E-state index is 12.4. The Hall–Kier alpha value is -2.53. The fraction of sp³-hybridized carbons (Fsp3) is 0.316. The lowest BCUT2D eigenvalue weighted by Gasteiger charge is -2.22. The van der Waals surface area contributed by atoms with Gasteiger partial charge in [-0.05, 0) is 36.9 Å². The van der Waals surface area contributed by atoms with Gasteiger partial charge in [-0.1, -0.05) is 24.3 Å². The van der Waals surface area contributed by atoms with Gasteiger partial charge in [-0.2, -0.15) is 0 Å². The predicted molar refractivity (Wildman–Crippen MR) is 95.7 cm³/mol. The quantitative estimate of drug-likeness (QED) is 0.784. The maximum absolute atomic E-state index is 12.4. The van der Waals surface area contributed by atoms with Gasteiger partial charge in [-0.3, -0.25) is 9.69 Å². The number of para-hydroxylation sites is 1. The molecule has 0 spiro atoms. The number of carbonyl (C=O) groups excluding carboxylic acids is 1. The van der Waals surface area contributed by atoms with Gasteiger partial charge >= 0.3 is 0 Å². The largest absolute Gasteiger partial charge is 0.493 e. The van der Waals surface area contributed by atoms with Gasteiger partial charge in [0, 0.05) is 19.3 Å². The Morgan fingerprint density at radius 1 is 0.958 bits per heavy atom. The third-order valence-electron chi connectivity index (χ3n) is 3.82. The molecular weight excluding hydrogens is 304 g/mol. The van der Waals surface area contributed by atoms with E-state index in [1.807, 2.05) is 60.5 Å². The molecule has 0 atom stereocenters. The van der Waals surface area contributed by atoms with Crippen molar-refractivity contribution in [3.8, 4) is 11.5 Å². The van der Waals surface area contributed by atoms with Gasteiger partial charge in [-0.15, -0.1) is 0 Å². The number of ether oxygens (including phenoxy) is 2. The molecule has 0 heterocycles. The molecular formula is C19H24N2O3. The smallest absolute Gasteiger partial charge is 0.240 e. The highest BCUT2D eigenvalue weighted by molar-refractivity contribution is 5.94. The monoisotopic (exact) mass is 328 g/mol. The standard InChI is InChI=1S/C19H24N2O3/c1-20(13-15-10-11-17(23-3)18(12-15)24-4)14-19(22)21(2)16-8-6-5-7-9-16/h5-12H,13-14H2,1-4H3. The molecule has 2 aromatic carbocycles. The fourth-order valence-corrected chi connectivity index (χ4v) is 2.48. The van der Waals surface area contributed by atoms with E-state index in [2.05, 4.69) is 0 Å². The second-order valence-corrected chi connectivity index (χ2v) is 5.65. The molecule has 128 valence electrons. The lowest BCUT2D eigenvalue weighted by atomic mass is 10.2. The van der Waals surface area contributed by atoms with E-state index in [0.29, 0.717) is 24.6 Å². The van der Waals surface area contributed by atoms with Crippen LogP contribution in [0.25, 0.3) is 0 Å². The van der Waals surface area contributed by atoms with Crippen molar-refractivity contribution < 1.29 is 14.3 Å². The predicted octanol–water partition coefficient (Wildman–Crippen LogP) is 2.80. The van der Waals surface area contributed by atoms with Crippen LogP contribution in [-0.4, -0.2) is 45.7 Å². The molecule has 24 heavy (non-hydrogen) atoms. The number of amides is 1. The number of likely N-dealkylation sites (N-methyl/N-ethyl adjacent to an activating group) is 2. The van der Waals surface area contributed by atoms with Crippen LogP contribution < -0.4 is 14.4 Å². The van der Waals surface area contributed by atoms with Crippen molar-refractivity contribution in [1.82, 2.24) is 4.90 Å². The van der Waals surface area contributed by atoms with Crippen LogP contribution in [0.2, 0.25) is 0 Å². The summed E-state index contributed by atoms with van der Waals surface area (Å²) in [6.07, 6.45) is 0. The molecule has 0 aromatic heterocycles. The molecule has 2 rings (SSSR count). The lowest BCUT2D eigenvalue weighted by molar-refractivity contribution is -0.119. The molecule has 0 aliphatic rings. The van der Waals surface area contributed by atoms with Crippen LogP contribution >= 0.6 is 0 Å². The summed E-state index contributed by atoms with van der Waals surface area (Å²) in [6, 6.07) is 15.4. The summed E-state index contributed by atoms with van der Waals surface area (Å²) in [7, 11) is 6.95. The normalized spacial score (nSPS) is 10.5. The molecule has 0 unspecified atom stereocenters. The summed E-state index contributed by atoms with van der Waals surface area (Å²) in [6.45, 7) is 0.981. The van der Waals surface area contributed by atoms with Crippen molar-refractivity contribution in [2.75, 3.05) is 39.8 Å². The van der Waals surface area contributed by atoms with Crippen LogP contribution in [0.4, 0.5) is 5.69 Å². The van der Waals surface area contributed by atoms with Gasteiger partial charge in [0.15, 0.2) is 11.5 Å². The molecule has 0 fully saturated rings. The number of benzene rings is 2. The summed E-state index contributed by atoms with van der Waals surface area (Å²) in [5.41, 5.74) is 1.95. The van der Waals surface area contributed by atoms with Gasteiger partial charge in [-0.25, -0.2) is 0 Å². The van der Waals surface area contributed by atoms with Crippen molar-refractivity contribution in [3.05, 3.63) is 54.1 Å². The molecule has 0 aliphatic heterocycles. The highest BCUT2D eigenvalue weighted by Gasteiger charge is 2.14. The summed E-state index contributed by atoms with van der Waals surface area (Å²) in [5, 5.41) is 0. The fourth-order valence-electron chi connectivity index (χ4n) is 2.48. The van der Waals surface area contributed by atoms with E-state index < -0.39 is 0 Å². The zero-order valence-corrected chi connectivity index (χ0v) is 14.7. The molecule has 0 bridgehead atoms. The summed E-state index contributed by atoms with van der Waals surface area (Å²) >= 11 is 0. The van der Waals surface area contributed by atoms with E-state index in [9.17, 15) is 4.79 Å². The number of hydrogen-bond acceptors (Lipinski definition) is 4. The minimum Gasteiger partial charge on any atom is -0.493 e. The molecule has 5 nitrogen and oxygen atoms in total. The summed E-state index contributed by atoms with van der Waals surface area (Å²) in [4.78, 5) is 16.1. The SMILES string of the molecule is COc1ccc(CN(C)CC(=O)N(C)c2ccccc2)cc1OC. The van der Waals surface area contributed by atoms with Crippen LogP contribution in [0.5, 0.6) is 11.5 Å². The van der Waals surface area contributed by atoms with Crippen molar-refractivity contribution in [2.45, 2.75) is 6.54 Å². The number of carbonyl (C=O) groups is 1. The lowest BCUT2D eigenvalue weighted by Crippen LogP contribution is -2.36. The minimum atomic E-state index is 0.0455. The third-order valence-corrected chi connectivity index (χ3v) is 3.82. The maximum Gasteiger partial charge on any atom is 0.240 e. The zero-order valence-electron chi connectivity index (χ0n) is 14.7. The molecule has 0 saturated heterocycles. The average molecular weight is 328 g/mol. The van der Waals surface area contributed by atoms with E-state index in [1.54, 1.807) is 26.2 Å². The molecule has 5 heteroatoms. The Morgan fingerprint density at radius 2 is 1.62 bits per heavy atom. The number of rotatable bonds is 7. The van der Waals surface area contributed by atoms with Crippen LogP contribution in [0.15, 0.2) is 48.5 Å². The molecule has 2 aromatic rings. The van der Waals surface area contributed by atoms with Crippen LogP contribution in [0.1, 0.15) is 5.56 Å². The number of anilines is 1. The van der Waals surface area contributed by atoms with Crippen LogP contribution in [-0.2, 0) is 11.3 Å². The van der Waals surface area contributed by atoms with E-state index in [1.165, 1.54) is 0 Å². The van der Waals surface area contributed by atoms with Crippen molar-refractivity contribution in [1.29, 1.82) is 0 Å². The van der Waals surface area contributed by atoms with Gasteiger partial charge in [0.2, 0.25) is 5.91 Å².